The molecule has 10 aromatic carbocycles. The molecule has 2 heterocycles. The Hall–Kier alpha value is -8.40. The summed E-state index contributed by atoms with van der Waals surface area (Å²) in [7, 11) is 0. The molecule has 0 amide bonds. The van der Waals surface area contributed by atoms with Gasteiger partial charge in [0.2, 0.25) is 0 Å². The highest BCUT2D eigenvalue weighted by Gasteiger charge is 2.25. The van der Waals surface area contributed by atoms with Crippen LogP contribution in [-0.2, 0) is 0 Å². The molecule has 3 nitrogen and oxygen atoms in total. The lowest BCUT2D eigenvalue weighted by atomic mass is 9.92. The number of hydrogen-bond acceptors (Lipinski definition) is 2. The lowest BCUT2D eigenvalue weighted by molar-refractivity contribution is 0.670. The van der Waals surface area contributed by atoms with Gasteiger partial charge < -0.3 is 13.9 Å². The summed E-state index contributed by atoms with van der Waals surface area (Å²) in [5.74, 6) is 0. The van der Waals surface area contributed by atoms with Gasteiger partial charge in [-0.05, 0) is 125 Å². The lowest BCUT2D eigenvalue weighted by Gasteiger charge is -2.31. The average molecular weight is 833 g/mol. The number of aryl methyl sites for hydroxylation is 2. The molecule has 0 spiro atoms. The van der Waals surface area contributed by atoms with Crippen LogP contribution in [0.5, 0.6) is 0 Å². The number of fused-ring (bicyclic) bond motifs is 6. The maximum absolute atomic E-state index is 6.84. The van der Waals surface area contributed by atoms with Gasteiger partial charge in [0.05, 0.1) is 16.7 Å². The second-order valence-corrected chi connectivity index (χ2v) is 17.0. The van der Waals surface area contributed by atoms with Crippen LogP contribution in [0.15, 0.2) is 235 Å². The van der Waals surface area contributed by atoms with Crippen molar-refractivity contribution in [3.8, 4) is 50.2 Å². The number of aromatic nitrogens is 1. The predicted octanol–water partition coefficient (Wildman–Crippen LogP) is 17.4. The van der Waals surface area contributed by atoms with Gasteiger partial charge in [0.1, 0.15) is 11.2 Å². The van der Waals surface area contributed by atoms with Crippen LogP contribution in [0.1, 0.15) is 11.1 Å². The SMILES string of the molecule is Cc1cc(N(c2cc(-c3ccc(-n4c5ccccc5c5ccccc54)cc3)c3oc4ccccc4c3c2)c2c(C)cc(-c3ccccc3)cc2-c2ccccc2)ccc1-c1ccccc1. The zero-order chi connectivity index (χ0) is 43.4. The van der Waals surface area contributed by atoms with E-state index in [0.29, 0.717) is 0 Å². The number of rotatable bonds is 8. The standard InChI is InChI=1S/C62H44N2O/c1-41-37-49(34-35-51(41)44-20-8-4-9-21-44)63(61-42(2)36-47(43-18-6-3-7-19-43)38-55(61)45-22-10-5-11-23-45)50-39-56(62-57(40-50)54-26-14-17-29-60(54)65-62)46-30-32-48(33-31-46)64-58-27-15-12-24-52(58)53-25-13-16-28-59(53)64/h3-40H,1-2H3. The van der Waals surface area contributed by atoms with Gasteiger partial charge in [-0.2, -0.15) is 0 Å². The molecule has 0 unspecified atom stereocenters. The number of furan rings is 1. The minimum atomic E-state index is 0.866. The highest BCUT2D eigenvalue weighted by atomic mass is 16.3. The van der Waals surface area contributed by atoms with Crippen molar-refractivity contribution in [2.24, 2.45) is 0 Å². The zero-order valence-electron chi connectivity index (χ0n) is 36.2. The minimum Gasteiger partial charge on any atom is -0.455 e. The largest absolute Gasteiger partial charge is 0.455 e. The number of para-hydroxylation sites is 3. The Balaban J connectivity index is 1.11. The van der Waals surface area contributed by atoms with Crippen molar-refractivity contribution in [2.75, 3.05) is 4.90 Å². The van der Waals surface area contributed by atoms with Crippen molar-refractivity contribution in [1.82, 2.24) is 4.57 Å². The summed E-state index contributed by atoms with van der Waals surface area (Å²) in [6.07, 6.45) is 0. The molecule has 0 bridgehead atoms. The van der Waals surface area contributed by atoms with Crippen molar-refractivity contribution in [1.29, 1.82) is 0 Å². The van der Waals surface area contributed by atoms with E-state index in [2.05, 4.69) is 254 Å². The minimum absolute atomic E-state index is 0.866. The van der Waals surface area contributed by atoms with Crippen LogP contribution in [0.4, 0.5) is 17.1 Å². The number of anilines is 3. The molecule has 65 heavy (non-hydrogen) atoms. The molecule has 3 heteroatoms. The van der Waals surface area contributed by atoms with Gasteiger partial charge in [-0.25, -0.2) is 0 Å². The highest BCUT2D eigenvalue weighted by molar-refractivity contribution is 6.12. The Kier molecular flexibility index (Phi) is 9.28. The predicted molar refractivity (Wildman–Crippen MR) is 274 cm³/mol. The van der Waals surface area contributed by atoms with E-state index in [1.165, 1.54) is 55.2 Å². The molecule has 0 N–H and O–H groups in total. The second-order valence-electron chi connectivity index (χ2n) is 17.0. The maximum atomic E-state index is 6.84. The normalized spacial score (nSPS) is 11.5. The monoisotopic (exact) mass is 832 g/mol. The molecule has 0 atom stereocenters. The van der Waals surface area contributed by atoms with Crippen molar-refractivity contribution in [2.45, 2.75) is 13.8 Å². The van der Waals surface area contributed by atoms with Crippen LogP contribution in [0.25, 0.3) is 93.9 Å². The van der Waals surface area contributed by atoms with Gasteiger partial charge >= 0.3 is 0 Å². The third-order valence-electron chi connectivity index (χ3n) is 13.0. The molecule has 2 aromatic heterocycles. The van der Waals surface area contributed by atoms with Crippen molar-refractivity contribution >= 4 is 60.8 Å². The summed E-state index contributed by atoms with van der Waals surface area (Å²) in [5.41, 5.74) is 20.1. The van der Waals surface area contributed by atoms with Crippen LogP contribution in [0.3, 0.4) is 0 Å². The molecule has 12 rings (SSSR count). The van der Waals surface area contributed by atoms with Gasteiger partial charge in [-0.3, -0.25) is 0 Å². The first-order chi connectivity index (χ1) is 32.1. The molecule has 0 fully saturated rings. The first kappa shape index (κ1) is 38.3. The highest BCUT2D eigenvalue weighted by Crippen LogP contribution is 2.49. The summed E-state index contributed by atoms with van der Waals surface area (Å²) < 4.78 is 9.22. The zero-order valence-corrected chi connectivity index (χ0v) is 36.2. The van der Waals surface area contributed by atoms with E-state index in [1.807, 2.05) is 0 Å². The number of benzene rings is 10. The van der Waals surface area contributed by atoms with Crippen LogP contribution >= 0.6 is 0 Å². The molecule has 0 aliphatic heterocycles. The quantitative estimate of drug-likeness (QED) is 0.152. The Morgan fingerprint density at radius 3 is 1.55 bits per heavy atom. The van der Waals surface area contributed by atoms with E-state index in [-0.39, 0.29) is 0 Å². The van der Waals surface area contributed by atoms with E-state index < -0.39 is 0 Å². The lowest BCUT2D eigenvalue weighted by Crippen LogP contribution is -2.13. The third kappa shape index (κ3) is 6.60. The summed E-state index contributed by atoms with van der Waals surface area (Å²) in [4.78, 5) is 2.48. The summed E-state index contributed by atoms with van der Waals surface area (Å²) in [6, 6.07) is 83.3. The van der Waals surface area contributed by atoms with Crippen LogP contribution < -0.4 is 4.90 Å². The summed E-state index contributed by atoms with van der Waals surface area (Å²) in [5, 5.41) is 4.65. The molecule has 0 saturated carbocycles. The van der Waals surface area contributed by atoms with Crippen molar-refractivity contribution < 1.29 is 4.42 Å². The van der Waals surface area contributed by atoms with E-state index >= 15 is 0 Å². The maximum Gasteiger partial charge on any atom is 0.143 e. The first-order valence-corrected chi connectivity index (χ1v) is 22.3. The molecule has 0 saturated heterocycles. The fraction of sp³-hybridized carbons (Fsp3) is 0.0323. The van der Waals surface area contributed by atoms with Gasteiger partial charge in [-0.15, -0.1) is 0 Å². The van der Waals surface area contributed by atoms with Crippen molar-refractivity contribution in [3.05, 3.63) is 242 Å². The molecule has 0 aliphatic carbocycles. The van der Waals surface area contributed by atoms with Gasteiger partial charge in [0.25, 0.3) is 0 Å². The van der Waals surface area contributed by atoms with E-state index in [1.54, 1.807) is 0 Å². The number of hydrogen-bond donors (Lipinski definition) is 0. The molecular formula is C62H44N2O. The molecule has 12 aromatic rings. The van der Waals surface area contributed by atoms with Crippen LogP contribution in [-0.4, -0.2) is 4.57 Å². The summed E-state index contributed by atoms with van der Waals surface area (Å²) >= 11 is 0. The third-order valence-corrected chi connectivity index (χ3v) is 13.0. The Morgan fingerprint density at radius 1 is 0.354 bits per heavy atom. The molecular weight excluding hydrogens is 789 g/mol. The Morgan fingerprint density at radius 2 is 0.908 bits per heavy atom. The Labute approximate surface area is 378 Å². The molecule has 0 radical (unpaired) electrons. The average Bonchev–Trinajstić information content (AvgIpc) is 3.91. The topological polar surface area (TPSA) is 21.3 Å². The van der Waals surface area contributed by atoms with Gasteiger partial charge in [-0.1, -0.05) is 164 Å². The fourth-order valence-corrected chi connectivity index (χ4v) is 9.99. The van der Waals surface area contributed by atoms with E-state index in [9.17, 15) is 0 Å². The molecule has 308 valence electrons. The number of nitrogens with zero attached hydrogens (tertiary/aromatic N) is 2. The van der Waals surface area contributed by atoms with Crippen LogP contribution in [0.2, 0.25) is 0 Å². The van der Waals surface area contributed by atoms with Crippen LogP contribution in [0, 0.1) is 13.8 Å². The first-order valence-electron chi connectivity index (χ1n) is 22.3. The fourth-order valence-electron chi connectivity index (χ4n) is 9.99. The Bertz CT molecular complexity index is 3660. The molecule has 0 aliphatic rings. The summed E-state index contributed by atoms with van der Waals surface area (Å²) in [6.45, 7) is 4.48. The second kappa shape index (κ2) is 15.7. The van der Waals surface area contributed by atoms with Crippen molar-refractivity contribution in [3.63, 3.8) is 0 Å². The van der Waals surface area contributed by atoms with Gasteiger partial charge in [0, 0.05) is 49.7 Å². The van der Waals surface area contributed by atoms with E-state index in [4.69, 9.17) is 4.42 Å². The van der Waals surface area contributed by atoms with Gasteiger partial charge in [0.15, 0.2) is 0 Å². The smallest absolute Gasteiger partial charge is 0.143 e. The van der Waals surface area contributed by atoms with E-state index in [0.717, 1.165) is 66.9 Å².